The van der Waals surface area contributed by atoms with E-state index in [2.05, 4.69) is 174 Å². The van der Waals surface area contributed by atoms with Gasteiger partial charge in [0.25, 0.3) is 0 Å². The van der Waals surface area contributed by atoms with Crippen molar-refractivity contribution in [3.8, 4) is 0 Å². The molecule has 6 aromatic rings. The second kappa shape index (κ2) is 41.0. The third-order valence-electron chi connectivity index (χ3n) is 19.6. The number of anilines is 6. The van der Waals surface area contributed by atoms with Crippen LogP contribution < -0.4 is 61.3 Å². The first-order valence-electron chi connectivity index (χ1n) is 36.1. The summed E-state index contributed by atoms with van der Waals surface area (Å²) in [5.41, 5.74) is 14.7. The summed E-state index contributed by atoms with van der Waals surface area (Å²) in [6.07, 6.45) is 15.1. The highest BCUT2D eigenvalue weighted by Crippen LogP contribution is 2.47. The third kappa shape index (κ3) is 24.3. The molecular weight excluding hydrogens is 1350 g/mol. The van der Waals surface area contributed by atoms with Gasteiger partial charge in [0.1, 0.15) is 34.9 Å². The molecule has 25 heteroatoms. The van der Waals surface area contributed by atoms with Crippen LogP contribution in [0.5, 0.6) is 0 Å². The van der Waals surface area contributed by atoms with Crippen molar-refractivity contribution in [2.45, 2.75) is 138 Å². The predicted octanol–water partition coefficient (Wildman–Crippen LogP) is 11.6. The van der Waals surface area contributed by atoms with Crippen molar-refractivity contribution < 1.29 is 13.2 Å². The summed E-state index contributed by atoms with van der Waals surface area (Å²) in [7, 11) is 0. The molecule has 0 spiro atoms. The Morgan fingerprint density at radius 1 is 0.360 bits per heavy atom. The Bertz CT molecular complexity index is 3410. The smallest absolute Gasteiger partial charge is 0.354 e. The maximum absolute atomic E-state index is 12.5. The highest BCUT2D eigenvalue weighted by atomic mass is 35.5. The van der Waals surface area contributed by atoms with Crippen LogP contribution in [0.3, 0.4) is 0 Å². The molecule has 3 saturated carbocycles. The van der Waals surface area contributed by atoms with E-state index in [4.69, 9.17) is 9.97 Å². The van der Waals surface area contributed by atoms with E-state index in [0.29, 0.717) is 11.4 Å². The summed E-state index contributed by atoms with van der Waals surface area (Å²) in [4.78, 5) is 41.3. The third-order valence-corrected chi connectivity index (χ3v) is 19.6. The Morgan fingerprint density at radius 2 is 0.710 bits per heavy atom. The van der Waals surface area contributed by atoms with E-state index in [9.17, 15) is 13.2 Å². The molecule has 6 saturated heterocycles. The zero-order valence-corrected chi connectivity index (χ0v) is 64.1. The summed E-state index contributed by atoms with van der Waals surface area (Å²) >= 11 is 0. The molecule has 554 valence electrons. The van der Waals surface area contributed by atoms with Crippen LogP contribution in [-0.2, 0) is 19.0 Å². The minimum atomic E-state index is -4.32. The molecule has 0 amide bonds. The minimum Gasteiger partial charge on any atom is -0.354 e. The van der Waals surface area contributed by atoms with Crippen molar-refractivity contribution >= 4 is 84.5 Å². The van der Waals surface area contributed by atoms with Crippen LogP contribution >= 0.6 is 49.6 Å². The predicted molar refractivity (Wildman–Crippen MR) is 418 cm³/mol. The fourth-order valence-electron chi connectivity index (χ4n) is 13.4. The van der Waals surface area contributed by atoms with E-state index < -0.39 is 11.7 Å². The van der Waals surface area contributed by atoms with E-state index in [1.54, 1.807) is 12.5 Å². The van der Waals surface area contributed by atoms with Gasteiger partial charge in [-0.05, 0) is 185 Å². The Kier molecular flexibility index (Phi) is 34.2. The lowest BCUT2D eigenvalue weighted by atomic mass is 10.1. The second-order valence-corrected chi connectivity index (χ2v) is 27.4. The number of nitrogens with one attached hydrogen (secondary N) is 6. The molecule has 9 fully saturated rings. The number of hydrogen-bond donors (Lipinski definition) is 6. The fraction of sp³-hybridized carbons (Fsp3) is 0.600. The van der Waals surface area contributed by atoms with Crippen molar-refractivity contribution in [2.24, 2.45) is 0 Å². The molecule has 0 bridgehead atoms. The first-order chi connectivity index (χ1) is 46.5. The maximum Gasteiger partial charge on any atom is 0.417 e. The first kappa shape index (κ1) is 83.4. The molecule has 6 N–H and O–H groups in total. The topological polar surface area (TPSA) is 169 Å². The lowest BCUT2D eigenvalue weighted by molar-refractivity contribution is -0.137. The number of rotatable bonds is 11. The van der Waals surface area contributed by atoms with E-state index in [0.717, 1.165) is 211 Å². The van der Waals surface area contributed by atoms with Crippen molar-refractivity contribution in [1.29, 1.82) is 0 Å². The van der Waals surface area contributed by atoms with Gasteiger partial charge in [-0.15, -0.1) is 49.6 Å². The lowest BCUT2D eigenvalue weighted by Gasteiger charge is -2.30. The van der Waals surface area contributed by atoms with Gasteiger partial charge in [-0.2, -0.15) is 13.2 Å². The summed E-state index contributed by atoms with van der Waals surface area (Å²) in [6.45, 7) is 43.6. The van der Waals surface area contributed by atoms with Crippen LogP contribution in [0.25, 0.3) is 0 Å². The number of aromatic nitrogens is 6. The molecule has 0 unspecified atom stereocenters. The molecular formula is C75H115Cl4F3N18. The number of halogens is 7. The van der Waals surface area contributed by atoms with Gasteiger partial charge in [0.05, 0.1) is 5.56 Å². The molecule has 0 aromatic carbocycles. The Morgan fingerprint density at radius 3 is 1.10 bits per heavy atom. The molecule has 12 heterocycles. The number of hydrogen-bond acceptors (Lipinski definition) is 18. The van der Waals surface area contributed by atoms with Crippen molar-refractivity contribution in [1.82, 2.24) is 61.8 Å². The zero-order valence-electron chi connectivity index (χ0n) is 60.8. The molecule has 6 aromatic heterocycles. The molecule has 6 aliphatic heterocycles. The largest absolute Gasteiger partial charge is 0.417 e. The number of pyridine rings is 6. The minimum absolute atomic E-state index is 0. The number of alkyl halides is 3. The van der Waals surface area contributed by atoms with Crippen LogP contribution in [0, 0.1) is 48.5 Å². The molecule has 9 aliphatic rings. The molecule has 15 rings (SSSR count). The van der Waals surface area contributed by atoms with Crippen molar-refractivity contribution in [2.75, 3.05) is 186 Å². The second-order valence-electron chi connectivity index (χ2n) is 27.4. The van der Waals surface area contributed by atoms with Gasteiger partial charge in [0.2, 0.25) is 0 Å². The number of piperazine rings is 6. The summed E-state index contributed by atoms with van der Waals surface area (Å²) in [5.74, 6) is 9.07. The monoisotopic (exact) mass is 1460 g/mol. The Labute approximate surface area is 619 Å². The summed E-state index contributed by atoms with van der Waals surface area (Å²) < 4.78 is 37.4. The van der Waals surface area contributed by atoms with Gasteiger partial charge < -0.3 is 61.3 Å². The van der Waals surface area contributed by atoms with Crippen molar-refractivity contribution in [3.05, 3.63) is 140 Å². The zero-order chi connectivity index (χ0) is 67.6. The van der Waals surface area contributed by atoms with Gasteiger partial charge in [-0.25, -0.2) is 29.9 Å². The average molecular weight is 1470 g/mol. The van der Waals surface area contributed by atoms with Crippen LogP contribution in [0.15, 0.2) is 67.4 Å². The Balaban J connectivity index is 0.000000188. The summed E-state index contributed by atoms with van der Waals surface area (Å²) in [6, 6.07) is 12.7. The molecule has 0 atom stereocenters. The van der Waals surface area contributed by atoms with Crippen LogP contribution in [-0.4, -0.2) is 187 Å². The fourth-order valence-corrected chi connectivity index (χ4v) is 13.4. The SMILES string of the molecule is CCc1cc(C)cnc1N1CCNCC1.CCc1cnc(N2CCNCC2)c(C)c1.Cc1cc(C(F)(F)F)cnc1N1CCNCC1.Cc1cc(C)c(N2CCNCC2)nc1C.Cc1cc(C2CC2)cnc1N1CCNCC1.Cl.Cl.Cl.Cl.c1nc(N2CCNCC2)c(C2CC2)cc1C1CC1. The highest BCUT2D eigenvalue weighted by molar-refractivity contribution is 5.86. The van der Waals surface area contributed by atoms with E-state index >= 15 is 0 Å². The average Bonchev–Trinajstić information content (AvgIpc) is 1.64. The Hall–Kier alpha value is -5.59. The van der Waals surface area contributed by atoms with Crippen LogP contribution in [0.2, 0.25) is 0 Å². The first-order valence-corrected chi connectivity index (χ1v) is 36.1. The quantitative estimate of drug-likeness (QED) is 0.0724. The van der Waals surface area contributed by atoms with Gasteiger partial charge >= 0.3 is 6.18 Å². The number of nitrogens with zero attached hydrogens (tertiary/aromatic N) is 12. The maximum atomic E-state index is 12.5. The number of aryl methyl sites for hydroxylation is 9. The van der Waals surface area contributed by atoms with Crippen LogP contribution in [0.4, 0.5) is 48.1 Å². The van der Waals surface area contributed by atoms with Gasteiger partial charge in [0, 0.05) is 194 Å². The van der Waals surface area contributed by atoms with Gasteiger partial charge in [-0.1, -0.05) is 44.2 Å². The summed E-state index contributed by atoms with van der Waals surface area (Å²) in [5, 5.41) is 20.1. The molecule has 18 nitrogen and oxygen atoms in total. The molecule has 100 heavy (non-hydrogen) atoms. The normalized spacial score (nSPS) is 18.3. The lowest BCUT2D eigenvalue weighted by Crippen LogP contribution is -2.44. The molecule has 0 radical (unpaired) electrons. The van der Waals surface area contributed by atoms with E-state index in [1.807, 2.05) is 17.3 Å². The molecule has 3 aliphatic carbocycles. The standard InChI is InChI=1S/C15H21N3.C13H19N3.3C12H19N3.C11H14F3N3.4ClH/c1-2-11(1)13-9-14(12-3-4-12)15(17-10-13)18-7-5-16-6-8-18;1-10-8-12(11-2-3-11)9-15-13(10)16-6-4-14-5-7-16;1-9-8-10(2)12(14-11(9)3)15-6-4-13-5-7-15;1-3-11-8-10(2)12(14-9-11)15-6-4-13-5-7-15;1-3-11-8-10(2)9-14-12(11)15-6-4-13-5-7-15;1-8-6-9(11(12,13)14)7-16-10(8)17-4-2-15-3-5-17;;;;/h9-12,16H,1-8H2;8-9,11,14H,2-7H2,1H3;8,13H,4-7H2,1-3H3;2*8-9,13H,3-7H2,1-2H3;6-7,15H,2-5H2,1H3;4*1H. The van der Waals surface area contributed by atoms with E-state index in [1.165, 1.54) is 112 Å². The van der Waals surface area contributed by atoms with E-state index in [-0.39, 0.29) is 49.6 Å². The van der Waals surface area contributed by atoms with Crippen molar-refractivity contribution in [3.63, 3.8) is 0 Å². The highest BCUT2D eigenvalue weighted by Gasteiger charge is 2.34. The van der Waals surface area contributed by atoms with Gasteiger partial charge in [0.15, 0.2) is 0 Å². The van der Waals surface area contributed by atoms with Gasteiger partial charge in [-0.3, -0.25) is 0 Å². The van der Waals surface area contributed by atoms with Crippen LogP contribution in [0.1, 0.15) is 143 Å².